The van der Waals surface area contributed by atoms with Gasteiger partial charge in [-0.2, -0.15) is 0 Å². The summed E-state index contributed by atoms with van der Waals surface area (Å²) in [5.41, 5.74) is 1.50. The fourth-order valence-electron chi connectivity index (χ4n) is 1.40. The zero-order chi connectivity index (χ0) is 12.4. The summed E-state index contributed by atoms with van der Waals surface area (Å²) in [6.45, 7) is 1.87. The molecule has 0 saturated carbocycles. The number of halogens is 2. The lowest BCUT2D eigenvalue weighted by Gasteiger charge is -2.08. The maximum atomic E-state index is 11.8. The van der Waals surface area contributed by atoms with Crippen molar-refractivity contribution < 1.29 is 9.21 Å². The summed E-state index contributed by atoms with van der Waals surface area (Å²) in [6, 6.07) is 8.68. The summed E-state index contributed by atoms with van der Waals surface area (Å²) >= 11 is 9.15. The van der Waals surface area contributed by atoms with Crippen LogP contribution in [0.1, 0.15) is 16.1 Å². The largest absolute Gasteiger partial charge is 0.444 e. The third kappa shape index (κ3) is 2.70. The first-order chi connectivity index (χ1) is 8.08. The third-order valence-corrected chi connectivity index (χ3v) is 3.00. The Morgan fingerprint density at radius 1 is 1.35 bits per heavy atom. The number of rotatable bonds is 2. The minimum Gasteiger partial charge on any atom is -0.444 e. The Kier molecular flexibility index (Phi) is 3.54. The Bertz CT molecular complexity index is 545. The van der Waals surface area contributed by atoms with Crippen LogP contribution in [0, 0.1) is 6.92 Å². The molecule has 5 heteroatoms. The molecule has 2 rings (SSSR count). The highest BCUT2D eigenvalue weighted by Crippen LogP contribution is 2.26. The number of carbonyl (C=O) groups excluding carboxylic acids is 1. The second-order valence-electron chi connectivity index (χ2n) is 3.49. The molecule has 0 aliphatic heterocycles. The van der Waals surface area contributed by atoms with E-state index in [0.29, 0.717) is 15.4 Å². The Hall–Kier alpha value is -1.26. The molecule has 0 fully saturated rings. The number of benzene rings is 1. The monoisotopic (exact) mass is 313 g/mol. The van der Waals surface area contributed by atoms with Crippen LogP contribution in [-0.2, 0) is 0 Å². The van der Waals surface area contributed by atoms with Crippen molar-refractivity contribution >= 4 is 39.1 Å². The van der Waals surface area contributed by atoms with Crippen molar-refractivity contribution in [2.24, 2.45) is 0 Å². The number of amides is 1. The van der Waals surface area contributed by atoms with Crippen LogP contribution in [0.4, 0.5) is 5.69 Å². The molecule has 17 heavy (non-hydrogen) atoms. The lowest BCUT2D eigenvalue weighted by molar-refractivity contribution is 0.0995. The summed E-state index contributed by atoms with van der Waals surface area (Å²) in [4.78, 5) is 11.8. The predicted molar refractivity (Wildman–Crippen MR) is 70.6 cm³/mol. The molecule has 0 saturated heterocycles. The first kappa shape index (κ1) is 12.2. The number of hydrogen-bond acceptors (Lipinski definition) is 2. The standard InChI is InChI=1S/C12H9BrClNO2/c1-7-3-2-4-8(14)11(7)15-12(16)9-5-6-10(13)17-9/h2-6H,1H3,(H,15,16). The van der Waals surface area contributed by atoms with E-state index in [-0.39, 0.29) is 11.7 Å². The van der Waals surface area contributed by atoms with Crippen molar-refractivity contribution in [3.63, 3.8) is 0 Å². The molecule has 0 aliphatic rings. The van der Waals surface area contributed by atoms with Gasteiger partial charge in [-0.05, 0) is 46.6 Å². The highest BCUT2D eigenvalue weighted by atomic mass is 79.9. The van der Waals surface area contributed by atoms with E-state index in [0.717, 1.165) is 5.56 Å². The molecule has 3 nitrogen and oxygen atoms in total. The van der Waals surface area contributed by atoms with Crippen molar-refractivity contribution in [3.8, 4) is 0 Å². The summed E-state index contributed by atoms with van der Waals surface area (Å²) in [5.74, 6) is -0.0944. The molecule has 0 radical (unpaired) electrons. The van der Waals surface area contributed by atoms with Gasteiger partial charge in [0.25, 0.3) is 5.91 Å². The van der Waals surface area contributed by atoms with Crippen LogP contribution in [0.5, 0.6) is 0 Å². The maximum Gasteiger partial charge on any atom is 0.291 e. The van der Waals surface area contributed by atoms with E-state index in [4.69, 9.17) is 16.0 Å². The zero-order valence-electron chi connectivity index (χ0n) is 8.96. The Balaban J connectivity index is 2.24. The minimum atomic E-state index is -0.327. The van der Waals surface area contributed by atoms with Gasteiger partial charge in [-0.15, -0.1) is 0 Å². The predicted octanol–water partition coefficient (Wildman–Crippen LogP) is 4.26. The van der Waals surface area contributed by atoms with Crippen LogP contribution in [0.3, 0.4) is 0 Å². The molecule has 88 valence electrons. The first-order valence-electron chi connectivity index (χ1n) is 4.90. The van der Waals surface area contributed by atoms with E-state index in [1.807, 2.05) is 19.1 Å². The number of para-hydroxylation sites is 1. The molecule has 0 unspecified atom stereocenters. The molecule has 1 aromatic carbocycles. The van der Waals surface area contributed by atoms with Crippen LogP contribution in [0.25, 0.3) is 0 Å². The second-order valence-corrected chi connectivity index (χ2v) is 4.68. The fourth-order valence-corrected chi connectivity index (χ4v) is 1.98. The number of aryl methyl sites for hydroxylation is 1. The van der Waals surface area contributed by atoms with Gasteiger partial charge in [-0.3, -0.25) is 4.79 Å². The summed E-state index contributed by atoms with van der Waals surface area (Å²) in [5, 5.41) is 3.23. The molecule has 1 N–H and O–H groups in total. The molecular weight excluding hydrogens is 305 g/mol. The summed E-state index contributed by atoms with van der Waals surface area (Å²) in [6.07, 6.45) is 0. The van der Waals surface area contributed by atoms with Crippen LogP contribution < -0.4 is 5.32 Å². The van der Waals surface area contributed by atoms with Gasteiger partial charge >= 0.3 is 0 Å². The number of nitrogens with one attached hydrogen (secondary N) is 1. The van der Waals surface area contributed by atoms with Gasteiger partial charge in [0.2, 0.25) is 0 Å². The molecule has 0 aliphatic carbocycles. The van der Waals surface area contributed by atoms with E-state index in [1.54, 1.807) is 18.2 Å². The lowest BCUT2D eigenvalue weighted by atomic mass is 10.2. The Morgan fingerprint density at radius 2 is 2.12 bits per heavy atom. The van der Waals surface area contributed by atoms with Crippen molar-refractivity contribution in [2.45, 2.75) is 6.92 Å². The van der Waals surface area contributed by atoms with Crippen LogP contribution in [0.2, 0.25) is 5.02 Å². The highest BCUT2D eigenvalue weighted by molar-refractivity contribution is 9.10. The smallest absolute Gasteiger partial charge is 0.291 e. The van der Waals surface area contributed by atoms with Crippen LogP contribution in [-0.4, -0.2) is 5.91 Å². The first-order valence-corrected chi connectivity index (χ1v) is 6.07. The van der Waals surface area contributed by atoms with Gasteiger partial charge in [0, 0.05) is 0 Å². The number of hydrogen-bond donors (Lipinski definition) is 1. The van der Waals surface area contributed by atoms with Crippen LogP contribution >= 0.6 is 27.5 Å². The molecule has 2 aromatic rings. The summed E-state index contributed by atoms with van der Waals surface area (Å²) < 4.78 is 5.67. The van der Waals surface area contributed by atoms with Crippen molar-refractivity contribution in [3.05, 3.63) is 51.3 Å². The normalized spacial score (nSPS) is 10.3. The van der Waals surface area contributed by atoms with Gasteiger partial charge in [0.15, 0.2) is 10.4 Å². The zero-order valence-corrected chi connectivity index (χ0v) is 11.3. The fraction of sp³-hybridized carbons (Fsp3) is 0.0833. The van der Waals surface area contributed by atoms with E-state index >= 15 is 0 Å². The van der Waals surface area contributed by atoms with E-state index < -0.39 is 0 Å². The van der Waals surface area contributed by atoms with Gasteiger partial charge in [0.1, 0.15) is 0 Å². The number of carbonyl (C=O) groups is 1. The minimum absolute atomic E-state index is 0.233. The van der Waals surface area contributed by atoms with Crippen LogP contribution in [0.15, 0.2) is 39.4 Å². The van der Waals surface area contributed by atoms with Crippen molar-refractivity contribution in [1.82, 2.24) is 0 Å². The van der Waals surface area contributed by atoms with Gasteiger partial charge in [-0.25, -0.2) is 0 Å². The Labute approximate surface area is 112 Å². The Morgan fingerprint density at radius 3 is 2.71 bits per heavy atom. The topological polar surface area (TPSA) is 42.2 Å². The van der Waals surface area contributed by atoms with E-state index in [2.05, 4.69) is 21.2 Å². The van der Waals surface area contributed by atoms with Gasteiger partial charge in [-0.1, -0.05) is 23.7 Å². The molecule has 0 spiro atoms. The highest BCUT2D eigenvalue weighted by Gasteiger charge is 2.13. The molecular formula is C12H9BrClNO2. The second kappa shape index (κ2) is 4.94. The van der Waals surface area contributed by atoms with E-state index in [1.165, 1.54) is 0 Å². The van der Waals surface area contributed by atoms with Crippen molar-refractivity contribution in [1.29, 1.82) is 0 Å². The molecule has 1 amide bonds. The lowest BCUT2D eigenvalue weighted by Crippen LogP contribution is -2.12. The SMILES string of the molecule is Cc1cccc(Cl)c1NC(=O)c1ccc(Br)o1. The number of furan rings is 1. The maximum absolute atomic E-state index is 11.8. The number of anilines is 1. The van der Waals surface area contributed by atoms with Gasteiger partial charge < -0.3 is 9.73 Å². The molecule has 1 aromatic heterocycles. The average molecular weight is 315 g/mol. The quantitative estimate of drug-likeness (QED) is 0.900. The van der Waals surface area contributed by atoms with E-state index in [9.17, 15) is 4.79 Å². The average Bonchev–Trinajstić information content (AvgIpc) is 2.70. The van der Waals surface area contributed by atoms with Gasteiger partial charge in [0.05, 0.1) is 10.7 Å². The third-order valence-electron chi connectivity index (χ3n) is 2.26. The molecule has 1 heterocycles. The summed E-state index contributed by atoms with van der Waals surface area (Å²) in [7, 11) is 0. The van der Waals surface area contributed by atoms with Crippen molar-refractivity contribution in [2.75, 3.05) is 5.32 Å². The molecule has 0 bridgehead atoms. The molecule has 0 atom stereocenters.